The minimum atomic E-state index is 0.0403. The molecule has 4 rings (SSSR count). The van der Waals surface area contributed by atoms with Crippen LogP contribution >= 0.6 is 11.3 Å². The van der Waals surface area contributed by atoms with Gasteiger partial charge in [-0.05, 0) is 43.0 Å². The first-order valence-electron chi connectivity index (χ1n) is 8.57. The van der Waals surface area contributed by atoms with E-state index in [4.69, 9.17) is 5.11 Å². The highest BCUT2D eigenvalue weighted by atomic mass is 32.1. The minimum Gasteiger partial charge on any atom is -0.259 e. The molecule has 0 saturated heterocycles. The molecule has 0 radical (unpaired) electrons. The monoisotopic (exact) mass is 336 g/mol. The molecule has 1 aliphatic carbocycles. The molecule has 2 heterocycles. The molecular formula is C19H20N4S. The van der Waals surface area contributed by atoms with Gasteiger partial charge < -0.3 is 0 Å². The molecule has 122 valence electrons. The van der Waals surface area contributed by atoms with Crippen LogP contribution in [0.1, 0.15) is 43.8 Å². The number of thiazole rings is 1. The molecule has 1 unspecified atom stereocenters. The van der Waals surface area contributed by atoms with Gasteiger partial charge in [0.25, 0.3) is 0 Å². The Hall–Kier alpha value is -2.14. The first-order valence-corrected chi connectivity index (χ1v) is 9.39. The molecule has 24 heavy (non-hydrogen) atoms. The van der Waals surface area contributed by atoms with E-state index >= 15 is 0 Å². The van der Waals surface area contributed by atoms with Crippen molar-refractivity contribution >= 4 is 26.7 Å². The third kappa shape index (κ3) is 3.36. The first kappa shape index (κ1) is 15.4. The number of para-hydroxylation sites is 1. The number of azo groups is 1. The zero-order valence-electron chi connectivity index (χ0n) is 13.5. The van der Waals surface area contributed by atoms with Crippen molar-refractivity contribution < 1.29 is 0 Å². The second-order valence-electron chi connectivity index (χ2n) is 6.28. The summed E-state index contributed by atoms with van der Waals surface area (Å²) in [6.45, 7) is 0. The number of aromatic nitrogens is 2. The third-order valence-corrected chi connectivity index (χ3v) is 5.56. The summed E-state index contributed by atoms with van der Waals surface area (Å²) < 4.78 is 1.15. The smallest absolute Gasteiger partial charge is 0.230 e. The van der Waals surface area contributed by atoms with Crippen LogP contribution in [-0.4, -0.2) is 9.97 Å². The molecule has 0 spiro atoms. The van der Waals surface area contributed by atoms with Gasteiger partial charge in [0.05, 0.1) is 15.9 Å². The fourth-order valence-electron chi connectivity index (χ4n) is 3.41. The van der Waals surface area contributed by atoms with Crippen LogP contribution in [0.25, 0.3) is 10.2 Å². The van der Waals surface area contributed by atoms with Gasteiger partial charge in [-0.3, -0.25) is 4.98 Å². The van der Waals surface area contributed by atoms with Gasteiger partial charge in [0.15, 0.2) is 0 Å². The molecule has 2 aromatic heterocycles. The fourth-order valence-corrected chi connectivity index (χ4v) is 4.20. The number of hydrogen-bond acceptors (Lipinski definition) is 5. The number of fused-ring (bicyclic) bond motifs is 1. The van der Waals surface area contributed by atoms with Gasteiger partial charge >= 0.3 is 0 Å². The van der Waals surface area contributed by atoms with Crippen LogP contribution in [0.4, 0.5) is 5.13 Å². The third-order valence-electron chi connectivity index (χ3n) is 4.64. The van der Waals surface area contributed by atoms with E-state index in [0.29, 0.717) is 5.92 Å². The predicted molar refractivity (Wildman–Crippen MR) is 97.7 cm³/mol. The van der Waals surface area contributed by atoms with Crippen molar-refractivity contribution in [3.63, 3.8) is 0 Å². The van der Waals surface area contributed by atoms with Crippen LogP contribution in [0.2, 0.25) is 0 Å². The van der Waals surface area contributed by atoms with Gasteiger partial charge in [-0.2, -0.15) is 5.11 Å². The quantitative estimate of drug-likeness (QED) is 0.541. The zero-order chi connectivity index (χ0) is 16.2. The summed E-state index contributed by atoms with van der Waals surface area (Å²) >= 11 is 1.59. The number of hydrogen-bond donors (Lipinski definition) is 0. The zero-order valence-corrected chi connectivity index (χ0v) is 14.3. The van der Waals surface area contributed by atoms with Crippen LogP contribution in [0.15, 0.2) is 58.9 Å². The van der Waals surface area contributed by atoms with Crippen LogP contribution in [0.5, 0.6) is 0 Å². The second kappa shape index (κ2) is 7.18. The van der Waals surface area contributed by atoms with E-state index in [1.165, 1.54) is 32.1 Å². The van der Waals surface area contributed by atoms with Crippen molar-refractivity contribution in [2.24, 2.45) is 16.1 Å². The first-order chi connectivity index (χ1) is 11.9. The summed E-state index contributed by atoms with van der Waals surface area (Å²) in [5, 5.41) is 9.91. The largest absolute Gasteiger partial charge is 0.259 e. The van der Waals surface area contributed by atoms with E-state index in [1.807, 2.05) is 36.5 Å². The van der Waals surface area contributed by atoms with Crippen molar-refractivity contribution in [2.45, 2.75) is 38.1 Å². The lowest BCUT2D eigenvalue weighted by Gasteiger charge is -2.26. The molecule has 0 aliphatic heterocycles. The molecule has 3 aromatic rings. The summed E-state index contributed by atoms with van der Waals surface area (Å²) in [5.74, 6) is 0.534. The van der Waals surface area contributed by atoms with E-state index in [0.717, 1.165) is 21.0 Å². The Morgan fingerprint density at radius 3 is 2.62 bits per heavy atom. The van der Waals surface area contributed by atoms with Crippen LogP contribution < -0.4 is 0 Å². The van der Waals surface area contributed by atoms with Crippen molar-refractivity contribution in [2.75, 3.05) is 0 Å². The molecular weight excluding hydrogens is 316 g/mol. The molecule has 5 heteroatoms. The minimum absolute atomic E-state index is 0.0403. The lowest BCUT2D eigenvalue weighted by Crippen LogP contribution is -2.15. The van der Waals surface area contributed by atoms with E-state index in [-0.39, 0.29) is 6.04 Å². The molecule has 0 N–H and O–H groups in total. The molecule has 1 fully saturated rings. The summed E-state index contributed by atoms with van der Waals surface area (Å²) in [7, 11) is 0. The summed E-state index contributed by atoms with van der Waals surface area (Å²) in [5.41, 5.74) is 2.01. The van der Waals surface area contributed by atoms with Gasteiger partial charge in [-0.1, -0.05) is 48.8 Å². The highest BCUT2D eigenvalue weighted by Gasteiger charge is 2.26. The molecule has 0 bridgehead atoms. The van der Waals surface area contributed by atoms with E-state index in [2.05, 4.69) is 27.2 Å². The Kier molecular flexibility index (Phi) is 4.60. The van der Waals surface area contributed by atoms with Crippen LogP contribution in [0, 0.1) is 5.92 Å². The molecule has 1 atom stereocenters. The summed E-state index contributed by atoms with van der Waals surface area (Å²) in [6, 6.07) is 14.2. The topological polar surface area (TPSA) is 50.5 Å². The number of rotatable bonds is 4. The van der Waals surface area contributed by atoms with E-state index in [9.17, 15) is 0 Å². The molecule has 4 nitrogen and oxygen atoms in total. The maximum absolute atomic E-state index is 4.69. The average Bonchev–Trinajstić information content (AvgIpc) is 3.07. The Bertz CT molecular complexity index is 789. The Morgan fingerprint density at radius 1 is 1.00 bits per heavy atom. The SMILES string of the molecule is c1ccc(C(N=Nc2nc3ccccc3s2)C2CCCCC2)nc1. The molecule has 1 aromatic carbocycles. The molecule has 1 aliphatic rings. The lowest BCUT2D eigenvalue weighted by molar-refractivity contribution is 0.300. The fraction of sp³-hybridized carbons (Fsp3) is 0.368. The highest BCUT2D eigenvalue weighted by molar-refractivity contribution is 7.21. The normalized spacial score (nSPS) is 17.5. The Labute approximate surface area is 145 Å². The van der Waals surface area contributed by atoms with Crippen molar-refractivity contribution in [3.8, 4) is 0 Å². The standard InChI is InChI=1S/C19H20N4S/c1-2-8-14(9-3-1)18(16-11-6-7-13-20-16)22-23-19-21-15-10-4-5-12-17(15)24-19/h4-7,10-14,18H,1-3,8-9H2. The second-order valence-corrected chi connectivity index (χ2v) is 7.29. The maximum Gasteiger partial charge on any atom is 0.230 e. The lowest BCUT2D eigenvalue weighted by atomic mass is 9.83. The van der Waals surface area contributed by atoms with Crippen molar-refractivity contribution in [1.29, 1.82) is 0 Å². The van der Waals surface area contributed by atoms with Gasteiger partial charge in [0, 0.05) is 6.20 Å². The van der Waals surface area contributed by atoms with Crippen molar-refractivity contribution in [3.05, 3.63) is 54.4 Å². The molecule has 1 saturated carbocycles. The van der Waals surface area contributed by atoms with Crippen LogP contribution in [-0.2, 0) is 0 Å². The number of benzene rings is 1. The van der Waals surface area contributed by atoms with Gasteiger partial charge in [0.2, 0.25) is 5.13 Å². The van der Waals surface area contributed by atoms with E-state index < -0.39 is 0 Å². The summed E-state index contributed by atoms with van der Waals surface area (Å²) in [6.07, 6.45) is 8.16. The maximum atomic E-state index is 4.69. The Balaban J connectivity index is 1.62. The van der Waals surface area contributed by atoms with Gasteiger partial charge in [-0.25, -0.2) is 4.98 Å². The predicted octanol–water partition coefficient (Wildman–Crippen LogP) is 6.10. The van der Waals surface area contributed by atoms with Gasteiger partial charge in [-0.15, -0.1) is 5.11 Å². The average molecular weight is 336 g/mol. The van der Waals surface area contributed by atoms with Gasteiger partial charge in [0.1, 0.15) is 6.04 Å². The number of pyridine rings is 1. The van der Waals surface area contributed by atoms with Crippen LogP contribution in [0.3, 0.4) is 0 Å². The molecule has 0 amide bonds. The Morgan fingerprint density at radius 2 is 1.83 bits per heavy atom. The van der Waals surface area contributed by atoms with E-state index in [1.54, 1.807) is 11.3 Å². The number of nitrogens with zero attached hydrogens (tertiary/aromatic N) is 4. The van der Waals surface area contributed by atoms with Crippen molar-refractivity contribution in [1.82, 2.24) is 9.97 Å². The highest BCUT2D eigenvalue weighted by Crippen LogP contribution is 2.37. The summed E-state index contributed by atoms with van der Waals surface area (Å²) in [4.78, 5) is 9.10.